The Balaban J connectivity index is 1.62. The van der Waals surface area contributed by atoms with E-state index in [2.05, 4.69) is 4.99 Å². The third-order valence-electron chi connectivity index (χ3n) is 5.69. The number of carbonyl (C=O) groups excluding carboxylic acids is 1. The molecule has 0 fully saturated rings. The molecular formula is C26H21ClN2O4S2. The molecule has 4 aromatic rings. The maximum Gasteiger partial charge on any atom is 0.338 e. The van der Waals surface area contributed by atoms with Gasteiger partial charge in [0.2, 0.25) is 0 Å². The topological polar surface area (TPSA) is 73.8 Å². The third kappa shape index (κ3) is 4.33. The van der Waals surface area contributed by atoms with Gasteiger partial charge in [-0.25, -0.2) is 9.79 Å². The molecule has 0 saturated carbocycles. The molecule has 1 aliphatic rings. The molecular weight excluding hydrogens is 504 g/mol. The van der Waals surface area contributed by atoms with E-state index in [1.807, 2.05) is 54.8 Å². The number of hydrogen-bond acceptors (Lipinski definition) is 7. The van der Waals surface area contributed by atoms with Gasteiger partial charge in [-0.1, -0.05) is 35.1 Å². The van der Waals surface area contributed by atoms with E-state index in [0.717, 1.165) is 16.0 Å². The lowest BCUT2D eigenvalue weighted by Gasteiger charge is -2.23. The van der Waals surface area contributed by atoms with Crippen molar-refractivity contribution in [2.24, 2.45) is 4.99 Å². The molecule has 1 aromatic carbocycles. The average Bonchev–Trinajstić information content (AvgIpc) is 3.57. The number of benzene rings is 1. The summed E-state index contributed by atoms with van der Waals surface area (Å²) in [5.41, 5.74) is 2.62. The molecule has 6 nitrogen and oxygen atoms in total. The minimum Gasteiger partial charge on any atom is -0.463 e. The zero-order chi connectivity index (χ0) is 24.7. The predicted molar refractivity (Wildman–Crippen MR) is 139 cm³/mol. The molecule has 5 rings (SSSR count). The summed E-state index contributed by atoms with van der Waals surface area (Å²) in [6.07, 6.45) is 1.71. The van der Waals surface area contributed by atoms with Gasteiger partial charge in [0.05, 0.1) is 22.4 Å². The average molecular weight is 525 g/mol. The Bertz CT molecular complexity index is 1640. The van der Waals surface area contributed by atoms with Crippen molar-refractivity contribution in [1.29, 1.82) is 0 Å². The van der Waals surface area contributed by atoms with E-state index in [1.165, 1.54) is 22.7 Å². The molecule has 0 unspecified atom stereocenters. The Labute approximate surface area is 214 Å². The summed E-state index contributed by atoms with van der Waals surface area (Å²) < 4.78 is 13.4. The first kappa shape index (κ1) is 23.5. The van der Waals surface area contributed by atoms with Crippen molar-refractivity contribution in [2.75, 3.05) is 6.61 Å². The van der Waals surface area contributed by atoms with Crippen LogP contribution in [-0.4, -0.2) is 17.1 Å². The van der Waals surface area contributed by atoms with Crippen LogP contribution in [0, 0.1) is 6.92 Å². The van der Waals surface area contributed by atoms with Crippen molar-refractivity contribution in [2.45, 2.75) is 26.8 Å². The van der Waals surface area contributed by atoms with Crippen molar-refractivity contribution < 1.29 is 13.9 Å². The largest absolute Gasteiger partial charge is 0.463 e. The first-order valence-electron chi connectivity index (χ1n) is 11.0. The van der Waals surface area contributed by atoms with Crippen LogP contribution in [0.15, 0.2) is 73.3 Å². The second-order valence-corrected chi connectivity index (χ2v) is 10.4. The van der Waals surface area contributed by atoms with Gasteiger partial charge in [0.25, 0.3) is 5.56 Å². The fraction of sp³-hybridized carbons (Fsp3) is 0.192. The number of aryl methyl sites for hydroxylation is 1. The number of aromatic nitrogens is 1. The summed E-state index contributed by atoms with van der Waals surface area (Å²) >= 11 is 8.91. The summed E-state index contributed by atoms with van der Waals surface area (Å²) in [7, 11) is 0. The SMILES string of the molecule is CCOC(=O)C1=C(C)N=c2s/c(=C\c3ccc(-c4cc(Cl)ccc4C)o3)c(=O)n2[C@H]1c1cccs1. The third-order valence-corrected chi connectivity index (χ3v) is 7.84. The maximum atomic E-state index is 13.6. The molecule has 0 N–H and O–H groups in total. The van der Waals surface area contributed by atoms with Gasteiger partial charge in [0.15, 0.2) is 4.80 Å². The number of carbonyl (C=O) groups is 1. The summed E-state index contributed by atoms with van der Waals surface area (Å²) in [4.78, 5) is 32.4. The highest BCUT2D eigenvalue weighted by atomic mass is 35.5. The van der Waals surface area contributed by atoms with Crippen LogP contribution >= 0.6 is 34.3 Å². The number of fused-ring (bicyclic) bond motifs is 1. The van der Waals surface area contributed by atoms with Crippen LogP contribution in [0.1, 0.15) is 36.1 Å². The molecule has 0 spiro atoms. The molecule has 3 aromatic heterocycles. The number of hydrogen-bond donors (Lipinski definition) is 0. The van der Waals surface area contributed by atoms with Crippen LogP contribution < -0.4 is 14.9 Å². The number of furan rings is 1. The number of esters is 1. The lowest BCUT2D eigenvalue weighted by molar-refractivity contribution is -0.139. The van der Waals surface area contributed by atoms with Gasteiger partial charge in [0.1, 0.15) is 17.6 Å². The fourth-order valence-electron chi connectivity index (χ4n) is 4.07. The van der Waals surface area contributed by atoms with Crippen molar-refractivity contribution in [3.05, 3.63) is 100 Å². The Morgan fingerprint density at radius 3 is 2.83 bits per heavy atom. The quantitative estimate of drug-likeness (QED) is 0.341. The van der Waals surface area contributed by atoms with E-state index in [-0.39, 0.29) is 12.2 Å². The Hall–Kier alpha value is -3.20. The highest BCUT2D eigenvalue weighted by Crippen LogP contribution is 2.33. The standard InChI is InChI=1S/C26H21ClN2O4S2/c1-4-32-25(31)22-15(3)28-26-29(23(22)20-6-5-11-34-20)24(30)21(35-26)13-17-9-10-19(33-17)18-12-16(27)8-7-14(18)2/h5-13,23H,4H2,1-3H3/b21-13-/t23-/m0/s1. The first-order valence-corrected chi connectivity index (χ1v) is 13.0. The van der Waals surface area contributed by atoms with Crippen LogP contribution in [0.25, 0.3) is 17.4 Å². The number of rotatable bonds is 5. The smallest absolute Gasteiger partial charge is 0.338 e. The van der Waals surface area contributed by atoms with Crippen LogP contribution in [0.5, 0.6) is 0 Å². The summed E-state index contributed by atoms with van der Waals surface area (Å²) in [5.74, 6) is 0.744. The van der Waals surface area contributed by atoms with E-state index in [1.54, 1.807) is 24.5 Å². The second-order valence-electron chi connectivity index (χ2n) is 7.98. The summed E-state index contributed by atoms with van der Waals surface area (Å²) in [5, 5.41) is 2.55. The zero-order valence-corrected chi connectivity index (χ0v) is 21.6. The zero-order valence-electron chi connectivity index (χ0n) is 19.2. The predicted octanol–water partition coefficient (Wildman–Crippen LogP) is 5.08. The van der Waals surface area contributed by atoms with Gasteiger partial charge < -0.3 is 9.15 Å². The van der Waals surface area contributed by atoms with E-state index >= 15 is 0 Å². The number of thiophene rings is 1. The van der Waals surface area contributed by atoms with Crippen molar-refractivity contribution in [1.82, 2.24) is 4.57 Å². The number of thiazole rings is 1. The number of allylic oxidation sites excluding steroid dienone is 1. The highest BCUT2D eigenvalue weighted by molar-refractivity contribution is 7.10. The van der Waals surface area contributed by atoms with Crippen molar-refractivity contribution in [3.63, 3.8) is 0 Å². The van der Waals surface area contributed by atoms with Crippen LogP contribution in [0.4, 0.5) is 0 Å². The van der Waals surface area contributed by atoms with Gasteiger partial charge in [-0.15, -0.1) is 11.3 Å². The van der Waals surface area contributed by atoms with Gasteiger partial charge in [0, 0.05) is 21.5 Å². The number of nitrogens with zero attached hydrogens (tertiary/aromatic N) is 2. The lowest BCUT2D eigenvalue weighted by atomic mass is 10.0. The molecule has 1 aliphatic heterocycles. The van der Waals surface area contributed by atoms with Gasteiger partial charge in [-0.2, -0.15) is 0 Å². The van der Waals surface area contributed by atoms with E-state index in [9.17, 15) is 9.59 Å². The van der Waals surface area contributed by atoms with Gasteiger partial charge in [-0.3, -0.25) is 9.36 Å². The Morgan fingerprint density at radius 1 is 1.26 bits per heavy atom. The Morgan fingerprint density at radius 2 is 2.09 bits per heavy atom. The monoisotopic (exact) mass is 524 g/mol. The molecule has 35 heavy (non-hydrogen) atoms. The van der Waals surface area contributed by atoms with Gasteiger partial charge in [-0.05, 0) is 62.0 Å². The molecule has 0 bridgehead atoms. The molecule has 0 aliphatic carbocycles. The molecule has 0 amide bonds. The van der Waals surface area contributed by atoms with E-state index in [4.69, 9.17) is 20.8 Å². The Kier molecular flexibility index (Phi) is 6.35. The lowest BCUT2D eigenvalue weighted by Crippen LogP contribution is -2.39. The maximum absolute atomic E-state index is 13.6. The fourth-order valence-corrected chi connectivity index (χ4v) is 6.09. The van der Waals surface area contributed by atoms with Crippen LogP contribution in [0.2, 0.25) is 5.02 Å². The van der Waals surface area contributed by atoms with Gasteiger partial charge >= 0.3 is 5.97 Å². The number of ether oxygens (including phenoxy) is 1. The molecule has 1 atom stereocenters. The van der Waals surface area contributed by atoms with Crippen molar-refractivity contribution >= 4 is 46.3 Å². The van der Waals surface area contributed by atoms with E-state index < -0.39 is 12.0 Å². The first-order chi connectivity index (χ1) is 16.9. The molecule has 4 heterocycles. The molecule has 0 saturated heterocycles. The number of halogens is 1. The minimum atomic E-state index is -0.589. The molecule has 178 valence electrons. The summed E-state index contributed by atoms with van der Waals surface area (Å²) in [6, 6.07) is 12.5. The van der Waals surface area contributed by atoms with E-state index in [0.29, 0.717) is 37.1 Å². The molecule has 9 heteroatoms. The van der Waals surface area contributed by atoms with Crippen LogP contribution in [0.3, 0.4) is 0 Å². The molecule has 0 radical (unpaired) electrons. The van der Waals surface area contributed by atoms with Crippen LogP contribution in [-0.2, 0) is 9.53 Å². The normalized spacial score (nSPS) is 15.8. The van der Waals surface area contributed by atoms with Crippen molar-refractivity contribution in [3.8, 4) is 11.3 Å². The minimum absolute atomic E-state index is 0.238. The second kappa shape index (κ2) is 9.45. The summed E-state index contributed by atoms with van der Waals surface area (Å²) in [6.45, 7) is 5.76. The highest BCUT2D eigenvalue weighted by Gasteiger charge is 2.33.